The lowest BCUT2D eigenvalue weighted by atomic mass is 9.82. The molecule has 1 N–H and O–H groups in total. The maximum Gasteiger partial charge on any atom is 0.128 e. The maximum absolute atomic E-state index is 9.21. The van der Waals surface area contributed by atoms with E-state index in [0.29, 0.717) is 5.92 Å². The second-order valence-corrected chi connectivity index (χ2v) is 4.51. The first-order valence-corrected chi connectivity index (χ1v) is 5.48. The predicted molar refractivity (Wildman–Crippen MR) is 61.0 cm³/mol. The lowest BCUT2D eigenvalue weighted by molar-refractivity contribution is 0.0464. The first kappa shape index (κ1) is 10.4. The van der Waals surface area contributed by atoms with Crippen LogP contribution in [0.4, 0.5) is 5.82 Å². The zero-order chi connectivity index (χ0) is 10.8. The molecule has 2 rings (SSSR count). The van der Waals surface area contributed by atoms with E-state index >= 15 is 0 Å². The monoisotopic (exact) mass is 206 g/mol. The molecule has 1 saturated carbocycles. The third-order valence-corrected chi connectivity index (χ3v) is 3.01. The fraction of sp³-hybridized carbons (Fsp3) is 0.583. The molecule has 1 aliphatic carbocycles. The van der Waals surface area contributed by atoms with Gasteiger partial charge in [-0.05, 0) is 37.8 Å². The highest BCUT2D eigenvalue weighted by Crippen LogP contribution is 2.28. The van der Waals surface area contributed by atoms with Gasteiger partial charge < -0.3 is 10.0 Å². The molecule has 0 spiro atoms. The Bertz CT molecular complexity index is 334. The Balaban J connectivity index is 1.93. The van der Waals surface area contributed by atoms with E-state index in [-0.39, 0.29) is 6.10 Å². The average molecular weight is 206 g/mol. The number of pyridine rings is 1. The maximum atomic E-state index is 9.21. The van der Waals surface area contributed by atoms with E-state index < -0.39 is 0 Å². The molecule has 82 valence electrons. The van der Waals surface area contributed by atoms with Crippen LogP contribution in [0.5, 0.6) is 0 Å². The van der Waals surface area contributed by atoms with Crippen LogP contribution >= 0.6 is 0 Å². The SMILES string of the molecule is Cc1cccc(N(C)CC2CC(O)C2)n1. The molecule has 3 nitrogen and oxygen atoms in total. The molecule has 0 aliphatic heterocycles. The van der Waals surface area contributed by atoms with Crippen molar-refractivity contribution in [1.29, 1.82) is 0 Å². The fourth-order valence-electron chi connectivity index (χ4n) is 2.07. The van der Waals surface area contributed by atoms with E-state index in [2.05, 4.69) is 16.9 Å². The summed E-state index contributed by atoms with van der Waals surface area (Å²) in [5.74, 6) is 1.66. The molecule has 1 aliphatic rings. The topological polar surface area (TPSA) is 36.4 Å². The van der Waals surface area contributed by atoms with Crippen LogP contribution in [0, 0.1) is 12.8 Å². The lowest BCUT2D eigenvalue weighted by Gasteiger charge is -2.34. The number of aliphatic hydroxyl groups is 1. The van der Waals surface area contributed by atoms with Crippen molar-refractivity contribution in [3.63, 3.8) is 0 Å². The molecule has 0 saturated heterocycles. The van der Waals surface area contributed by atoms with Gasteiger partial charge in [0.2, 0.25) is 0 Å². The molecule has 1 aromatic rings. The van der Waals surface area contributed by atoms with Crippen molar-refractivity contribution in [2.24, 2.45) is 5.92 Å². The zero-order valence-electron chi connectivity index (χ0n) is 9.35. The van der Waals surface area contributed by atoms with Gasteiger partial charge >= 0.3 is 0 Å². The highest BCUT2D eigenvalue weighted by Gasteiger charge is 2.28. The van der Waals surface area contributed by atoms with Crippen LogP contribution in [0.15, 0.2) is 18.2 Å². The Labute approximate surface area is 90.8 Å². The molecule has 0 unspecified atom stereocenters. The number of anilines is 1. The standard InChI is InChI=1S/C12H18N2O/c1-9-4-3-5-12(13-9)14(2)8-10-6-11(15)7-10/h3-5,10-11,15H,6-8H2,1-2H3. The van der Waals surface area contributed by atoms with Crippen molar-refractivity contribution in [1.82, 2.24) is 4.98 Å². The smallest absolute Gasteiger partial charge is 0.128 e. The fourth-order valence-corrected chi connectivity index (χ4v) is 2.07. The van der Waals surface area contributed by atoms with Gasteiger partial charge in [0.1, 0.15) is 5.82 Å². The molecule has 0 bridgehead atoms. The Morgan fingerprint density at radius 1 is 1.47 bits per heavy atom. The van der Waals surface area contributed by atoms with Gasteiger partial charge in [-0.2, -0.15) is 0 Å². The summed E-state index contributed by atoms with van der Waals surface area (Å²) in [5.41, 5.74) is 1.05. The zero-order valence-corrected chi connectivity index (χ0v) is 9.35. The number of aromatic nitrogens is 1. The molecular formula is C12H18N2O. The van der Waals surface area contributed by atoms with Crippen LogP contribution in [-0.4, -0.2) is 29.8 Å². The minimum Gasteiger partial charge on any atom is -0.393 e. The second-order valence-electron chi connectivity index (χ2n) is 4.51. The highest BCUT2D eigenvalue weighted by molar-refractivity contribution is 5.38. The minimum absolute atomic E-state index is 0.0612. The van der Waals surface area contributed by atoms with E-state index in [1.807, 2.05) is 25.1 Å². The number of aliphatic hydroxyl groups excluding tert-OH is 1. The summed E-state index contributed by atoms with van der Waals surface area (Å²) in [5, 5.41) is 9.21. The molecule has 0 aromatic carbocycles. The summed E-state index contributed by atoms with van der Waals surface area (Å²) >= 11 is 0. The van der Waals surface area contributed by atoms with Crippen molar-refractivity contribution in [3.05, 3.63) is 23.9 Å². The number of hydrogen-bond acceptors (Lipinski definition) is 3. The largest absolute Gasteiger partial charge is 0.393 e. The van der Waals surface area contributed by atoms with Crippen LogP contribution in [0.2, 0.25) is 0 Å². The molecule has 1 heterocycles. The summed E-state index contributed by atoms with van der Waals surface area (Å²) in [6.45, 7) is 3.00. The van der Waals surface area contributed by atoms with Gasteiger partial charge in [-0.3, -0.25) is 0 Å². The molecule has 15 heavy (non-hydrogen) atoms. The van der Waals surface area contributed by atoms with Gasteiger partial charge in [0.15, 0.2) is 0 Å². The number of aryl methyl sites for hydroxylation is 1. The number of hydrogen-bond donors (Lipinski definition) is 1. The first-order valence-electron chi connectivity index (χ1n) is 5.48. The molecule has 0 atom stereocenters. The van der Waals surface area contributed by atoms with Crippen LogP contribution in [0.25, 0.3) is 0 Å². The predicted octanol–water partition coefficient (Wildman–Crippen LogP) is 1.60. The second kappa shape index (κ2) is 4.19. The number of rotatable bonds is 3. The summed E-state index contributed by atoms with van der Waals surface area (Å²) in [4.78, 5) is 6.64. The minimum atomic E-state index is -0.0612. The van der Waals surface area contributed by atoms with Crippen LogP contribution in [0.3, 0.4) is 0 Å². The third-order valence-electron chi connectivity index (χ3n) is 3.01. The van der Waals surface area contributed by atoms with Crippen molar-refractivity contribution in [2.75, 3.05) is 18.5 Å². The average Bonchev–Trinajstić information content (AvgIpc) is 2.15. The van der Waals surface area contributed by atoms with Gasteiger partial charge in [-0.1, -0.05) is 6.07 Å². The first-order chi connectivity index (χ1) is 7.15. The van der Waals surface area contributed by atoms with Crippen LogP contribution < -0.4 is 4.90 Å². The van der Waals surface area contributed by atoms with Gasteiger partial charge in [0.05, 0.1) is 6.10 Å². The van der Waals surface area contributed by atoms with Gasteiger partial charge in [-0.25, -0.2) is 4.98 Å². The number of nitrogens with zero attached hydrogens (tertiary/aromatic N) is 2. The summed E-state index contributed by atoms with van der Waals surface area (Å²) in [7, 11) is 2.06. The van der Waals surface area contributed by atoms with Gasteiger partial charge in [0.25, 0.3) is 0 Å². The van der Waals surface area contributed by atoms with E-state index in [9.17, 15) is 5.11 Å². The van der Waals surface area contributed by atoms with E-state index in [1.54, 1.807) is 0 Å². The van der Waals surface area contributed by atoms with Crippen molar-refractivity contribution in [3.8, 4) is 0 Å². The Kier molecular flexibility index (Phi) is 2.91. The lowest BCUT2D eigenvalue weighted by Crippen LogP contribution is -2.37. The van der Waals surface area contributed by atoms with Crippen molar-refractivity contribution >= 4 is 5.82 Å². The third kappa shape index (κ3) is 2.48. The summed E-state index contributed by atoms with van der Waals surface area (Å²) in [6.07, 6.45) is 1.82. The highest BCUT2D eigenvalue weighted by atomic mass is 16.3. The van der Waals surface area contributed by atoms with E-state index in [1.165, 1.54) is 0 Å². The van der Waals surface area contributed by atoms with Crippen LogP contribution in [-0.2, 0) is 0 Å². The summed E-state index contributed by atoms with van der Waals surface area (Å²) < 4.78 is 0. The van der Waals surface area contributed by atoms with E-state index in [4.69, 9.17) is 0 Å². The molecule has 1 aromatic heterocycles. The van der Waals surface area contributed by atoms with E-state index in [0.717, 1.165) is 30.9 Å². The summed E-state index contributed by atoms with van der Waals surface area (Å²) in [6, 6.07) is 6.07. The Morgan fingerprint density at radius 3 is 2.80 bits per heavy atom. The Morgan fingerprint density at radius 2 is 2.20 bits per heavy atom. The molecule has 1 fully saturated rings. The van der Waals surface area contributed by atoms with Crippen molar-refractivity contribution < 1.29 is 5.11 Å². The molecule has 0 radical (unpaired) electrons. The molecule has 0 amide bonds. The van der Waals surface area contributed by atoms with Gasteiger partial charge in [-0.15, -0.1) is 0 Å². The molecule has 3 heteroatoms. The quantitative estimate of drug-likeness (QED) is 0.816. The van der Waals surface area contributed by atoms with Gasteiger partial charge in [0, 0.05) is 19.3 Å². The normalized spacial score (nSPS) is 24.7. The Hall–Kier alpha value is -1.09. The molecular weight excluding hydrogens is 188 g/mol. The van der Waals surface area contributed by atoms with Crippen LogP contribution in [0.1, 0.15) is 18.5 Å². The van der Waals surface area contributed by atoms with Crippen molar-refractivity contribution in [2.45, 2.75) is 25.9 Å².